The molecule has 0 saturated carbocycles. The first kappa shape index (κ1) is 17.1. The van der Waals surface area contributed by atoms with Crippen LogP contribution < -0.4 is 10.1 Å². The molecular formula is C22H26N2O2. The number of nitrogens with one attached hydrogen (secondary N) is 1. The van der Waals surface area contributed by atoms with E-state index in [0.717, 1.165) is 17.7 Å². The summed E-state index contributed by atoms with van der Waals surface area (Å²) in [5.74, 6) is 0.855. The molecule has 0 spiro atoms. The summed E-state index contributed by atoms with van der Waals surface area (Å²) in [7, 11) is 0. The van der Waals surface area contributed by atoms with Crippen LogP contribution in [0.5, 0.6) is 5.75 Å². The van der Waals surface area contributed by atoms with Gasteiger partial charge in [0.05, 0.1) is 6.04 Å². The maximum atomic E-state index is 11.2. The average Bonchev–Trinajstić information content (AvgIpc) is 3.29. The van der Waals surface area contributed by atoms with Gasteiger partial charge in [0.25, 0.3) is 0 Å². The average molecular weight is 350 g/mol. The minimum Gasteiger partial charge on any atom is -0.484 e. The lowest BCUT2D eigenvalue weighted by Gasteiger charge is -2.30. The fourth-order valence-electron chi connectivity index (χ4n) is 4.18. The number of carbonyl (C=O) groups is 1. The Morgan fingerprint density at radius 2 is 1.96 bits per heavy atom. The predicted molar refractivity (Wildman–Crippen MR) is 102 cm³/mol. The van der Waals surface area contributed by atoms with Crippen molar-refractivity contribution in [3.8, 4) is 5.75 Å². The Hall–Kier alpha value is -2.33. The van der Waals surface area contributed by atoms with Crippen molar-refractivity contribution < 1.29 is 9.53 Å². The van der Waals surface area contributed by atoms with Gasteiger partial charge < -0.3 is 10.1 Å². The topological polar surface area (TPSA) is 41.6 Å². The maximum absolute atomic E-state index is 11.2. The van der Waals surface area contributed by atoms with Gasteiger partial charge in [0.1, 0.15) is 11.9 Å². The molecule has 2 atom stereocenters. The van der Waals surface area contributed by atoms with E-state index < -0.39 is 0 Å². The smallest absolute Gasteiger partial charge is 0.217 e. The van der Waals surface area contributed by atoms with Crippen LogP contribution in [0.3, 0.4) is 0 Å². The lowest BCUT2D eigenvalue weighted by Crippen LogP contribution is -2.38. The molecule has 0 radical (unpaired) electrons. The van der Waals surface area contributed by atoms with Crippen molar-refractivity contribution in [2.45, 2.75) is 44.9 Å². The molecule has 1 aliphatic heterocycles. The first-order valence-electron chi connectivity index (χ1n) is 9.52. The molecule has 1 fully saturated rings. The second kappa shape index (κ2) is 7.50. The number of fused-ring (bicyclic) bond motifs is 1. The number of hydrogen-bond acceptors (Lipinski definition) is 3. The fourth-order valence-corrected chi connectivity index (χ4v) is 4.18. The minimum atomic E-state index is -0.0184. The molecule has 1 N–H and O–H groups in total. The van der Waals surface area contributed by atoms with Gasteiger partial charge in [0.15, 0.2) is 0 Å². The third-order valence-corrected chi connectivity index (χ3v) is 5.45. The fraction of sp³-hybridized carbons (Fsp3) is 0.409. The molecule has 1 aliphatic carbocycles. The Bertz CT molecular complexity index is 783. The van der Waals surface area contributed by atoms with E-state index in [0.29, 0.717) is 12.6 Å². The number of likely N-dealkylation sites (tertiary alicyclic amines) is 1. The lowest BCUT2D eigenvalue weighted by molar-refractivity contribution is -0.119. The highest BCUT2D eigenvalue weighted by Gasteiger charge is 2.38. The Balaban J connectivity index is 1.56. The third-order valence-electron chi connectivity index (χ3n) is 5.45. The van der Waals surface area contributed by atoms with Crippen LogP contribution in [0.2, 0.25) is 0 Å². The molecule has 4 nitrogen and oxygen atoms in total. The second-order valence-electron chi connectivity index (χ2n) is 7.31. The van der Waals surface area contributed by atoms with Crippen LogP contribution in [0.15, 0.2) is 48.5 Å². The number of carbonyl (C=O) groups excluding carboxylic acids is 1. The molecule has 1 amide bonds. The molecule has 2 aromatic carbocycles. The van der Waals surface area contributed by atoms with E-state index in [4.69, 9.17) is 4.74 Å². The van der Waals surface area contributed by atoms with E-state index in [9.17, 15) is 4.79 Å². The van der Waals surface area contributed by atoms with Crippen molar-refractivity contribution in [1.82, 2.24) is 10.2 Å². The molecule has 1 heterocycles. The van der Waals surface area contributed by atoms with Crippen LogP contribution >= 0.6 is 0 Å². The summed E-state index contributed by atoms with van der Waals surface area (Å²) in [6.45, 7) is 4.40. The molecular weight excluding hydrogens is 324 g/mol. The summed E-state index contributed by atoms with van der Waals surface area (Å²) in [6.07, 6.45) is 3.70. The number of nitrogens with zero attached hydrogens (tertiary/aromatic N) is 1. The van der Waals surface area contributed by atoms with Gasteiger partial charge in [0.2, 0.25) is 5.91 Å². The van der Waals surface area contributed by atoms with Gasteiger partial charge in [-0.15, -0.1) is 0 Å². The van der Waals surface area contributed by atoms with E-state index in [1.54, 1.807) is 0 Å². The highest BCUT2D eigenvalue weighted by Crippen LogP contribution is 2.39. The van der Waals surface area contributed by atoms with Crippen LogP contribution in [0.1, 0.15) is 42.6 Å². The summed E-state index contributed by atoms with van der Waals surface area (Å²) in [4.78, 5) is 13.7. The highest BCUT2D eigenvalue weighted by molar-refractivity contribution is 5.72. The minimum absolute atomic E-state index is 0.0184. The van der Waals surface area contributed by atoms with Crippen molar-refractivity contribution in [2.75, 3.05) is 13.1 Å². The van der Waals surface area contributed by atoms with Crippen LogP contribution in [0.4, 0.5) is 0 Å². The molecule has 26 heavy (non-hydrogen) atoms. The Kier molecular flexibility index (Phi) is 4.93. The zero-order chi connectivity index (χ0) is 17.9. The van der Waals surface area contributed by atoms with Crippen molar-refractivity contribution in [3.05, 3.63) is 65.2 Å². The molecule has 2 aliphatic rings. The van der Waals surface area contributed by atoms with Gasteiger partial charge in [-0.25, -0.2) is 0 Å². The maximum Gasteiger partial charge on any atom is 0.217 e. The van der Waals surface area contributed by atoms with Crippen molar-refractivity contribution in [2.24, 2.45) is 0 Å². The van der Waals surface area contributed by atoms with Gasteiger partial charge in [-0.2, -0.15) is 0 Å². The van der Waals surface area contributed by atoms with Crippen molar-refractivity contribution in [3.63, 3.8) is 0 Å². The van der Waals surface area contributed by atoms with Crippen LogP contribution in [0, 0.1) is 0 Å². The van der Waals surface area contributed by atoms with Crippen molar-refractivity contribution in [1.29, 1.82) is 0 Å². The first-order valence-corrected chi connectivity index (χ1v) is 9.52. The summed E-state index contributed by atoms with van der Waals surface area (Å²) in [6, 6.07) is 17.1. The van der Waals surface area contributed by atoms with E-state index in [2.05, 4.69) is 34.5 Å². The molecule has 0 aromatic heterocycles. The summed E-state index contributed by atoms with van der Waals surface area (Å²) in [5, 5.41) is 2.85. The van der Waals surface area contributed by atoms with E-state index >= 15 is 0 Å². The van der Waals surface area contributed by atoms with Crippen molar-refractivity contribution >= 4 is 5.91 Å². The molecule has 4 rings (SSSR count). The molecule has 0 unspecified atom stereocenters. The van der Waals surface area contributed by atoms with Gasteiger partial charge in [-0.3, -0.25) is 9.69 Å². The number of rotatable bonds is 5. The van der Waals surface area contributed by atoms with Crippen LogP contribution in [0.25, 0.3) is 0 Å². The van der Waals surface area contributed by atoms with Crippen LogP contribution in [-0.2, 0) is 17.8 Å². The largest absolute Gasteiger partial charge is 0.484 e. The summed E-state index contributed by atoms with van der Waals surface area (Å²) >= 11 is 0. The van der Waals surface area contributed by atoms with E-state index in [1.807, 2.05) is 24.3 Å². The SMILES string of the molecule is CC(=O)NCc1cccc(O[C@H]2c3ccccc3C[C@@H]2N2CCCC2)c1. The number of hydrogen-bond donors (Lipinski definition) is 1. The molecule has 0 bridgehead atoms. The Labute approximate surface area is 155 Å². The van der Waals surface area contributed by atoms with Gasteiger partial charge >= 0.3 is 0 Å². The number of benzene rings is 2. The number of ether oxygens (including phenoxy) is 1. The lowest BCUT2D eigenvalue weighted by atomic mass is 10.1. The summed E-state index contributed by atoms with van der Waals surface area (Å²) in [5.41, 5.74) is 3.78. The van der Waals surface area contributed by atoms with Gasteiger partial charge in [-0.1, -0.05) is 36.4 Å². The zero-order valence-electron chi connectivity index (χ0n) is 15.3. The monoisotopic (exact) mass is 350 g/mol. The van der Waals surface area contributed by atoms with E-state index in [-0.39, 0.29) is 12.0 Å². The molecule has 4 heteroatoms. The normalized spacial score (nSPS) is 22.2. The molecule has 1 saturated heterocycles. The predicted octanol–water partition coefficient (Wildman–Crippen LogP) is 3.46. The zero-order valence-corrected chi connectivity index (χ0v) is 15.3. The Morgan fingerprint density at radius 1 is 1.15 bits per heavy atom. The van der Waals surface area contributed by atoms with Gasteiger partial charge in [0, 0.05) is 13.5 Å². The molecule has 2 aromatic rings. The first-order chi connectivity index (χ1) is 12.7. The van der Waals surface area contributed by atoms with Crippen LogP contribution in [-0.4, -0.2) is 29.9 Å². The molecule has 136 valence electrons. The highest BCUT2D eigenvalue weighted by atomic mass is 16.5. The van der Waals surface area contributed by atoms with Gasteiger partial charge in [-0.05, 0) is 61.2 Å². The Morgan fingerprint density at radius 3 is 2.77 bits per heavy atom. The standard InChI is InChI=1S/C22H26N2O2/c1-16(25)23-15-17-7-6-9-19(13-17)26-22-20-10-3-2-8-18(20)14-21(22)24-11-4-5-12-24/h2-3,6-10,13,21-22H,4-5,11-12,14-15H2,1H3,(H,23,25)/t21-,22-/m0/s1. The number of amides is 1. The third kappa shape index (κ3) is 3.61. The second-order valence-corrected chi connectivity index (χ2v) is 7.31. The van der Waals surface area contributed by atoms with E-state index in [1.165, 1.54) is 44.0 Å². The quantitative estimate of drug-likeness (QED) is 0.898. The summed E-state index contributed by atoms with van der Waals surface area (Å²) < 4.78 is 6.52.